The quantitative estimate of drug-likeness (QED) is 0.701. The highest BCUT2D eigenvalue weighted by molar-refractivity contribution is 9.10. The number of nitrogens with one attached hydrogen (secondary N) is 1. The molecule has 0 amide bonds. The van der Waals surface area contributed by atoms with E-state index in [1.807, 2.05) is 12.1 Å². The number of aromatic nitrogens is 5. The molecule has 7 nitrogen and oxygen atoms in total. The Morgan fingerprint density at radius 3 is 3.10 bits per heavy atom. The van der Waals surface area contributed by atoms with Gasteiger partial charge in [-0.2, -0.15) is 19.7 Å². The third-order valence-electron chi connectivity index (χ3n) is 2.74. The molecule has 0 saturated carbocycles. The van der Waals surface area contributed by atoms with Crippen LogP contribution in [0.3, 0.4) is 0 Å². The Balaban J connectivity index is 2.14. The zero-order valence-electron chi connectivity index (χ0n) is 10.8. The van der Waals surface area contributed by atoms with Crippen molar-refractivity contribution in [2.24, 2.45) is 0 Å². The van der Waals surface area contributed by atoms with Crippen LogP contribution in [-0.2, 0) is 0 Å². The molecule has 0 aliphatic heterocycles. The Morgan fingerprint density at radius 2 is 2.29 bits per heavy atom. The van der Waals surface area contributed by atoms with E-state index in [1.54, 1.807) is 12.4 Å². The van der Waals surface area contributed by atoms with E-state index in [1.165, 1.54) is 4.68 Å². The van der Waals surface area contributed by atoms with Gasteiger partial charge in [-0.3, -0.25) is 0 Å². The van der Waals surface area contributed by atoms with Crippen molar-refractivity contribution >= 4 is 38.6 Å². The summed E-state index contributed by atoms with van der Waals surface area (Å²) in [7, 11) is 0. The van der Waals surface area contributed by atoms with E-state index in [0.29, 0.717) is 34.2 Å². The molecule has 0 saturated heterocycles. The topological polar surface area (TPSA) is 94.5 Å². The molecule has 21 heavy (non-hydrogen) atoms. The fourth-order valence-corrected chi connectivity index (χ4v) is 2.12. The van der Waals surface area contributed by atoms with Crippen molar-refractivity contribution in [2.75, 3.05) is 17.6 Å². The monoisotopic (exact) mass is 343 g/mol. The zero-order chi connectivity index (χ0) is 14.8. The molecule has 0 fully saturated rings. The summed E-state index contributed by atoms with van der Waals surface area (Å²) >= 11 is 3.33. The van der Waals surface area contributed by atoms with Crippen molar-refractivity contribution in [3.05, 3.63) is 29.0 Å². The minimum absolute atomic E-state index is 0.291. The summed E-state index contributed by atoms with van der Waals surface area (Å²) < 4.78 is 2.09. The smallest absolute Gasteiger partial charge is 0.256 e. The van der Waals surface area contributed by atoms with Crippen LogP contribution in [0, 0.1) is 12.3 Å². The number of anilines is 2. The molecule has 0 aliphatic rings. The van der Waals surface area contributed by atoms with Gasteiger partial charge in [0.05, 0.1) is 12.7 Å². The highest BCUT2D eigenvalue weighted by atomic mass is 79.9. The molecule has 3 N–H and O–H groups in total. The van der Waals surface area contributed by atoms with Crippen LogP contribution < -0.4 is 11.1 Å². The minimum atomic E-state index is 0.291. The van der Waals surface area contributed by atoms with Crippen LogP contribution in [0.2, 0.25) is 0 Å². The second-order valence-electron chi connectivity index (χ2n) is 4.10. The van der Waals surface area contributed by atoms with E-state index in [2.05, 4.69) is 47.2 Å². The average molecular weight is 344 g/mol. The van der Waals surface area contributed by atoms with Crippen LogP contribution in [0.4, 0.5) is 11.6 Å². The zero-order valence-corrected chi connectivity index (χ0v) is 12.4. The molecule has 0 unspecified atom stereocenters. The van der Waals surface area contributed by atoms with E-state index >= 15 is 0 Å². The van der Waals surface area contributed by atoms with Crippen molar-refractivity contribution in [3.63, 3.8) is 0 Å². The Morgan fingerprint density at radius 1 is 1.43 bits per heavy atom. The van der Waals surface area contributed by atoms with Gasteiger partial charge in [-0.1, -0.05) is 5.92 Å². The number of hydrogen-bond donors (Lipinski definition) is 2. The number of halogens is 1. The number of terminal acetylenes is 1. The molecule has 3 aromatic heterocycles. The Kier molecular flexibility index (Phi) is 3.41. The van der Waals surface area contributed by atoms with Crippen LogP contribution in [0.15, 0.2) is 29.0 Å². The summed E-state index contributed by atoms with van der Waals surface area (Å²) in [5.74, 6) is 3.60. The number of nitrogens with zero attached hydrogens (tertiary/aromatic N) is 5. The Hall–Kier alpha value is -2.66. The number of nitrogen functional groups attached to an aromatic ring is 1. The van der Waals surface area contributed by atoms with Crippen molar-refractivity contribution in [3.8, 4) is 18.3 Å². The van der Waals surface area contributed by atoms with Crippen LogP contribution >= 0.6 is 15.9 Å². The van der Waals surface area contributed by atoms with E-state index in [9.17, 15) is 0 Å². The fourth-order valence-electron chi connectivity index (χ4n) is 1.81. The van der Waals surface area contributed by atoms with Gasteiger partial charge in [0.25, 0.3) is 5.95 Å². The third kappa shape index (κ3) is 2.39. The average Bonchev–Trinajstić information content (AvgIpc) is 2.92. The first-order valence-electron chi connectivity index (χ1n) is 6.00. The number of hydrogen-bond acceptors (Lipinski definition) is 6. The molecule has 0 radical (unpaired) electrons. The van der Waals surface area contributed by atoms with Crippen LogP contribution in [0.25, 0.3) is 17.0 Å². The van der Waals surface area contributed by atoms with Crippen molar-refractivity contribution < 1.29 is 0 Å². The largest absolute Gasteiger partial charge is 0.383 e. The summed E-state index contributed by atoms with van der Waals surface area (Å²) in [6, 6.07) is 3.75. The first-order chi connectivity index (χ1) is 10.2. The Bertz CT molecular complexity index is 849. The maximum Gasteiger partial charge on any atom is 0.256 e. The molecule has 3 heterocycles. The number of rotatable bonds is 3. The molecular formula is C13H10BrN7. The maximum atomic E-state index is 5.89. The summed E-state index contributed by atoms with van der Waals surface area (Å²) in [5, 5.41) is 8.12. The highest BCUT2D eigenvalue weighted by Crippen LogP contribution is 2.26. The third-order valence-corrected chi connectivity index (χ3v) is 3.52. The fraction of sp³-hybridized carbons (Fsp3) is 0.0769. The predicted octanol–water partition coefficient (Wildman–Crippen LogP) is 1.60. The molecule has 8 heteroatoms. The Labute approximate surface area is 128 Å². The standard InChI is InChI=1S/C13H10BrN7/c1-2-5-16-11-9(14)10(15)19-13(20-11)21-12-8(7-18-21)4-3-6-17-12/h1,3-4,6-7H,5H2,(H3,15,16,19,20). The van der Waals surface area contributed by atoms with Gasteiger partial charge in [0.1, 0.15) is 16.1 Å². The van der Waals surface area contributed by atoms with Gasteiger partial charge < -0.3 is 11.1 Å². The summed E-state index contributed by atoms with van der Waals surface area (Å²) in [5.41, 5.74) is 6.55. The van der Waals surface area contributed by atoms with Crippen LogP contribution in [-0.4, -0.2) is 31.3 Å². The van der Waals surface area contributed by atoms with E-state index in [0.717, 1.165) is 5.39 Å². The molecule has 0 aliphatic carbocycles. The molecular weight excluding hydrogens is 334 g/mol. The van der Waals surface area contributed by atoms with Crippen molar-refractivity contribution in [1.82, 2.24) is 24.7 Å². The lowest BCUT2D eigenvalue weighted by Gasteiger charge is -2.09. The second-order valence-corrected chi connectivity index (χ2v) is 4.89. The molecule has 104 valence electrons. The number of nitrogens with two attached hydrogens (primary N) is 1. The number of pyridine rings is 1. The SMILES string of the molecule is C#CCNc1nc(-n2ncc3cccnc32)nc(N)c1Br. The lowest BCUT2D eigenvalue weighted by atomic mass is 10.4. The van der Waals surface area contributed by atoms with E-state index in [4.69, 9.17) is 12.2 Å². The van der Waals surface area contributed by atoms with Gasteiger partial charge in [-0.25, -0.2) is 4.98 Å². The van der Waals surface area contributed by atoms with Gasteiger partial charge in [-0.05, 0) is 28.1 Å². The molecule has 3 aromatic rings. The lowest BCUT2D eigenvalue weighted by molar-refractivity contribution is 0.825. The molecule has 0 atom stereocenters. The first kappa shape index (κ1) is 13.3. The van der Waals surface area contributed by atoms with Gasteiger partial charge in [0, 0.05) is 11.6 Å². The first-order valence-corrected chi connectivity index (χ1v) is 6.79. The second kappa shape index (κ2) is 5.38. The summed E-state index contributed by atoms with van der Waals surface area (Å²) in [4.78, 5) is 12.9. The molecule has 3 rings (SSSR count). The predicted molar refractivity (Wildman–Crippen MR) is 83.9 cm³/mol. The van der Waals surface area contributed by atoms with Gasteiger partial charge in [0.2, 0.25) is 0 Å². The van der Waals surface area contributed by atoms with Gasteiger partial charge >= 0.3 is 0 Å². The van der Waals surface area contributed by atoms with E-state index < -0.39 is 0 Å². The van der Waals surface area contributed by atoms with Gasteiger partial charge in [-0.15, -0.1) is 6.42 Å². The van der Waals surface area contributed by atoms with Crippen LogP contribution in [0.5, 0.6) is 0 Å². The normalized spacial score (nSPS) is 10.5. The van der Waals surface area contributed by atoms with Gasteiger partial charge in [0.15, 0.2) is 5.65 Å². The van der Waals surface area contributed by atoms with Crippen LogP contribution in [0.1, 0.15) is 0 Å². The number of fused-ring (bicyclic) bond motifs is 1. The summed E-state index contributed by atoms with van der Waals surface area (Å²) in [6.45, 7) is 0.326. The lowest BCUT2D eigenvalue weighted by Crippen LogP contribution is -2.11. The van der Waals surface area contributed by atoms with Crippen molar-refractivity contribution in [1.29, 1.82) is 0 Å². The van der Waals surface area contributed by atoms with Crippen molar-refractivity contribution in [2.45, 2.75) is 0 Å². The summed E-state index contributed by atoms with van der Waals surface area (Å²) in [6.07, 6.45) is 8.62. The molecule has 0 spiro atoms. The maximum absolute atomic E-state index is 5.89. The van der Waals surface area contributed by atoms with E-state index in [-0.39, 0.29) is 0 Å². The minimum Gasteiger partial charge on any atom is -0.383 e. The molecule has 0 aromatic carbocycles. The highest BCUT2D eigenvalue weighted by Gasteiger charge is 2.14. The molecule has 0 bridgehead atoms.